The van der Waals surface area contributed by atoms with Gasteiger partial charge in [-0.2, -0.15) is 13.2 Å². The van der Waals surface area contributed by atoms with Crippen molar-refractivity contribution in [1.29, 1.82) is 0 Å². The maximum Gasteiger partial charge on any atom is 0.420 e. The van der Waals surface area contributed by atoms with Crippen molar-refractivity contribution < 1.29 is 18.3 Å². The zero-order chi connectivity index (χ0) is 10.2. The smallest absolute Gasteiger partial charge is 0.378 e. The number of hydrogen-bond acceptors (Lipinski definition) is 2. The van der Waals surface area contributed by atoms with E-state index in [1.165, 1.54) is 7.05 Å². The summed E-state index contributed by atoms with van der Waals surface area (Å²) in [7, 11) is 1.32. The largest absolute Gasteiger partial charge is 0.420 e. The number of imidazole rings is 1. The summed E-state index contributed by atoms with van der Waals surface area (Å²) in [6, 6.07) is 0. The number of alkyl halides is 3. The van der Waals surface area contributed by atoms with Crippen LogP contribution in [0, 0.1) is 0 Å². The highest BCUT2D eigenvalue weighted by Crippen LogP contribution is 2.34. The second-order valence-corrected chi connectivity index (χ2v) is 2.83. The molecule has 1 N–H and O–H groups in total. The van der Waals surface area contributed by atoms with E-state index in [2.05, 4.69) is 4.98 Å². The number of nitrogens with zero attached hydrogens (tertiary/aromatic N) is 2. The van der Waals surface area contributed by atoms with Gasteiger partial charge in [0.25, 0.3) is 0 Å². The first-order valence-electron chi connectivity index (χ1n) is 3.25. The number of aliphatic hydroxyl groups is 1. The first kappa shape index (κ1) is 10.3. The van der Waals surface area contributed by atoms with Crippen molar-refractivity contribution in [3.8, 4) is 0 Å². The average Bonchev–Trinajstić information content (AvgIpc) is 2.28. The monoisotopic (exact) mass is 214 g/mol. The fraction of sp³-hybridized carbons (Fsp3) is 0.500. The number of aliphatic hydroxyl groups excluding tert-OH is 1. The third kappa shape index (κ3) is 1.94. The second kappa shape index (κ2) is 3.19. The molecule has 0 aliphatic rings. The van der Waals surface area contributed by atoms with E-state index in [0.717, 1.165) is 10.9 Å². The number of halogens is 4. The van der Waals surface area contributed by atoms with E-state index in [4.69, 9.17) is 16.7 Å². The fourth-order valence-electron chi connectivity index (χ4n) is 0.872. The standard InChI is InChI=1S/C6H6ClF3N2O/c1-12-2-11-5(7)3(12)4(13)6(8,9)10/h2,4,13H,1H3/t4-/m0/s1. The van der Waals surface area contributed by atoms with E-state index >= 15 is 0 Å². The molecule has 1 aromatic heterocycles. The molecule has 13 heavy (non-hydrogen) atoms. The number of rotatable bonds is 1. The number of hydrogen-bond donors (Lipinski definition) is 1. The molecule has 0 radical (unpaired) electrons. The number of aryl methyl sites for hydroxylation is 1. The van der Waals surface area contributed by atoms with Gasteiger partial charge in [-0.3, -0.25) is 0 Å². The molecule has 0 bridgehead atoms. The summed E-state index contributed by atoms with van der Waals surface area (Å²) in [5.74, 6) is 0. The van der Waals surface area contributed by atoms with Crippen LogP contribution in [0.3, 0.4) is 0 Å². The molecule has 0 aliphatic heterocycles. The van der Waals surface area contributed by atoms with E-state index in [-0.39, 0.29) is 5.15 Å². The maximum absolute atomic E-state index is 12.0. The fourth-order valence-corrected chi connectivity index (χ4v) is 1.15. The third-order valence-corrected chi connectivity index (χ3v) is 1.80. The molecule has 7 heteroatoms. The molecule has 1 aromatic rings. The Balaban J connectivity index is 3.08. The molecule has 0 amide bonds. The lowest BCUT2D eigenvalue weighted by Gasteiger charge is -2.14. The quantitative estimate of drug-likeness (QED) is 0.772. The summed E-state index contributed by atoms with van der Waals surface area (Å²) in [4.78, 5) is 3.42. The van der Waals surface area contributed by atoms with Gasteiger partial charge in [-0.05, 0) is 0 Å². The third-order valence-electron chi connectivity index (χ3n) is 1.50. The first-order valence-corrected chi connectivity index (χ1v) is 3.63. The SMILES string of the molecule is Cn1cnc(Cl)c1[C@H](O)C(F)(F)F. The molecular formula is C6H6ClF3N2O. The summed E-state index contributed by atoms with van der Waals surface area (Å²) < 4.78 is 37.1. The van der Waals surface area contributed by atoms with Gasteiger partial charge in [0.15, 0.2) is 11.3 Å². The minimum absolute atomic E-state index is 0.340. The predicted molar refractivity (Wildman–Crippen MR) is 39.2 cm³/mol. The van der Waals surface area contributed by atoms with Gasteiger partial charge in [-0.25, -0.2) is 4.98 Å². The molecule has 1 atom stereocenters. The van der Waals surface area contributed by atoms with Crippen LogP contribution in [0.4, 0.5) is 13.2 Å². The molecule has 1 rings (SSSR count). The van der Waals surface area contributed by atoms with E-state index in [9.17, 15) is 13.2 Å². The Morgan fingerprint density at radius 1 is 1.62 bits per heavy atom. The van der Waals surface area contributed by atoms with Crippen LogP contribution in [0.2, 0.25) is 5.15 Å². The minimum atomic E-state index is -4.72. The van der Waals surface area contributed by atoms with Gasteiger partial charge < -0.3 is 9.67 Å². The van der Waals surface area contributed by atoms with Crippen LogP contribution < -0.4 is 0 Å². The van der Waals surface area contributed by atoms with Crippen molar-refractivity contribution in [1.82, 2.24) is 9.55 Å². The normalized spacial score (nSPS) is 14.6. The van der Waals surface area contributed by atoms with Crippen LogP contribution >= 0.6 is 11.6 Å². The summed E-state index contributed by atoms with van der Waals surface area (Å²) in [5, 5.41) is 8.50. The molecule has 74 valence electrons. The van der Waals surface area contributed by atoms with Gasteiger partial charge >= 0.3 is 6.18 Å². The van der Waals surface area contributed by atoms with Crippen molar-refractivity contribution in [2.24, 2.45) is 7.05 Å². The highest BCUT2D eigenvalue weighted by Gasteiger charge is 2.42. The Labute approximate surface area is 76.8 Å². The van der Waals surface area contributed by atoms with Gasteiger partial charge in [-0.15, -0.1) is 0 Å². The van der Waals surface area contributed by atoms with Crippen LogP contribution in [0.5, 0.6) is 0 Å². The van der Waals surface area contributed by atoms with Gasteiger partial charge in [0.1, 0.15) is 0 Å². The second-order valence-electron chi connectivity index (χ2n) is 2.48. The molecule has 1 heterocycles. The van der Waals surface area contributed by atoms with Crippen molar-refractivity contribution in [2.45, 2.75) is 12.3 Å². The maximum atomic E-state index is 12.0. The Kier molecular flexibility index (Phi) is 2.53. The summed E-state index contributed by atoms with van der Waals surface area (Å²) >= 11 is 5.35. The Morgan fingerprint density at radius 2 is 2.15 bits per heavy atom. The molecule has 0 fully saturated rings. The molecule has 0 saturated heterocycles. The van der Waals surface area contributed by atoms with Crippen LogP contribution in [0.1, 0.15) is 11.8 Å². The van der Waals surface area contributed by atoms with Gasteiger partial charge in [-0.1, -0.05) is 11.6 Å². The van der Waals surface area contributed by atoms with Gasteiger partial charge in [0.05, 0.1) is 12.0 Å². The lowest BCUT2D eigenvalue weighted by Crippen LogP contribution is -2.22. The summed E-state index contributed by atoms with van der Waals surface area (Å²) in [5.41, 5.74) is -0.450. The Morgan fingerprint density at radius 3 is 2.46 bits per heavy atom. The van der Waals surface area contributed by atoms with E-state index in [1.807, 2.05) is 0 Å². The van der Waals surface area contributed by atoms with Crippen LogP contribution in [0.25, 0.3) is 0 Å². The van der Waals surface area contributed by atoms with Gasteiger partial charge in [0, 0.05) is 7.05 Å². The molecule has 0 unspecified atom stereocenters. The van der Waals surface area contributed by atoms with Crippen molar-refractivity contribution in [2.75, 3.05) is 0 Å². The molecule has 0 saturated carbocycles. The van der Waals surface area contributed by atoms with E-state index in [1.54, 1.807) is 0 Å². The molecular weight excluding hydrogens is 209 g/mol. The molecule has 0 spiro atoms. The molecule has 0 aliphatic carbocycles. The summed E-state index contributed by atoms with van der Waals surface area (Å²) in [6.07, 6.45) is -6.21. The topological polar surface area (TPSA) is 38.0 Å². The highest BCUT2D eigenvalue weighted by atomic mass is 35.5. The lowest BCUT2D eigenvalue weighted by molar-refractivity contribution is -0.208. The van der Waals surface area contributed by atoms with Crippen molar-refractivity contribution in [3.63, 3.8) is 0 Å². The lowest BCUT2D eigenvalue weighted by atomic mass is 10.2. The summed E-state index contributed by atoms with van der Waals surface area (Å²) in [6.45, 7) is 0. The van der Waals surface area contributed by atoms with Crippen molar-refractivity contribution in [3.05, 3.63) is 17.2 Å². The molecule has 3 nitrogen and oxygen atoms in total. The van der Waals surface area contributed by atoms with Crippen LogP contribution in [-0.2, 0) is 7.05 Å². The molecule has 0 aromatic carbocycles. The highest BCUT2D eigenvalue weighted by molar-refractivity contribution is 6.30. The van der Waals surface area contributed by atoms with E-state index < -0.39 is 18.0 Å². The van der Waals surface area contributed by atoms with Crippen LogP contribution in [-0.4, -0.2) is 20.8 Å². The zero-order valence-corrected chi connectivity index (χ0v) is 7.26. The number of aromatic nitrogens is 2. The predicted octanol–water partition coefficient (Wildman–Crippen LogP) is 1.67. The van der Waals surface area contributed by atoms with Crippen LogP contribution in [0.15, 0.2) is 6.33 Å². The van der Waals surface area contributed by atoms with Crippen molar-refractivity contribution >= 4 is 11.6 Å². The Hall–Kier alpha value is -0.750. The Bertz CT molecular complexity index is 290. The van der Waals surface area contributed by atoms with Gasteiger partial charge in [0.2, 0.25) is 0 Å². The average molecular weight is 215 g/mol. The zero-order valence-electron chi connectivity index (χ0n) is 6.51. The first-order chi connectivity index (χ1) is 5.84. The van der Waals surface area contributed by atoms with E-state index in [0.29, 0.717) is 0 Å². The minimum Gasteiger partial charge on any atom is -0.378 e.